The van der Waals surface area contributed by atoms with E-state index in [2.05, 4.69) is 14.8 Å². The maximum Gasteiger partial charge on any atom is 0.255 e. The topological polar surface area (TPSA) is 96.6 Å². The van der Waals surface area contributed by atoms with E-state index in [0.29, 0.717) is 36.2 Å². The van der Waals surface area contributed by atoms with Crippen LogP contribution in [0.1, 0.15) is 58.9 Å². The zero-order valence-corrected chi connectivity index (χ0v) is 27.6. The predicted octanol–water partition coefficient (Wildman–Crippen LogP) is 7.59. The summed E-state index contributed by atoms with van der Waals surface area (Å²) in [7, 11) is 0. The van der Waals surface area contributed by atoms with Crippen molar-refractivity contribution < 1.29 is 19.5 Å². The van der Waals surface area contributed by atoms with E-state index in [9.17, 15) is 19.5 Å². The van der Waals surface area contributed by atoms with Gasteiger partial charge >= 0.3 is 0 Å². The van der Waals surface area contributed by atoms with Gasteiger partial charge in [-0.05, 0) is 121 Å². The Morgan fingerprint density at radius 2 is 1.43 bits per heavy atom. The maximum absolute atomic E-state index is 13.2. The van der Waals surface area contributed by atoms with E-state index >= 15 is 0 Å². The number of aliphatic hydroxyl groups is 1. The Bertz CT molecular complexity index is 2130. The van der Waals surface area contributed by atoms with Crippen LogP contribution < -0.4 is 10.2 Å². The summed E-state index contributed by atoms with van der Waals surface area (Å²) in [5, 5.41) is 14.8. The largest absolute Gasteiger partial charge is 0.393 e. The standard InChI is InChI=1S/C41H40N4O4/c1-2-3-37(47)27-44-20-16-31-24-28(4-14-38(31)44)25-40(48)29-5-12-35(13-6-29)45-23-17-32-26-33(9-15-39(32)45)42-41(49)30-7-10-34(11-8-30)43-21-18-36(46)19-22-43/h4-17,20,23-24,26,36,46H,2-3,18-19,21-22,25,27H2,1H3,(H,42,49). The number of benzene rings is 4. The molecule has 0 aliphatic carbocycles. The summed E-state index contributed by atoms with van der Waals surface area (Å²) in [5.41, 5.74) is 6.88. The number of hydrogen-bond acceptors (Lipinski definition) is 5. The fraction of sp³-hybridized carbons (Fsp3) is 0.244. The second-order valence-electron chi connectivity index (χ2n) is 13.0. The van der Waals surface area contributed by atoms with Gasteiger partial charge in [0.05, 0.1) is 18.2 Å². The van der Waals surface area contributed by atoms with Gasteiger partial charge in [0.1, 0.15) is 0 Å². The van der Waals surface area contributed by atoms with Crippen molar-refractivity contribution >= 4 is 50.7 Å². The van der Waals surface area contributed by atoms with Crippen molar-refractivity contribution in [3.8, 4) is 5.69 Å². The van der Waals surface area contributed by atoms with E-state index in [1.807, 2.05) is 121 Å². The third-order valence-electron chi connectivity index (χ3n) is 9.45. The second kappa shape index (κ2) is 13.9. The third kappa shape index (κ3) is 7.05. The van der Waals surface area contributed by atoms with Crippen LogP contribution in [0.25, 0.3) is 27.5 Å². The molecule has 0 saturated carbocycles. The lowest BCUT2D eigenvalue weighted by molar-refractivity contribution is -0.119. The number of nitrogens with one attached hydrogen (secondary N) is 1. The number of carbonyl (C=O) groups excluding carboxylic acids is 3. The quantitative estimate of drug-likeness (QED) is 0.141. The van der Waals surface area contributed by atoms with Gasteiger partial charge in [0.25, 0.3) is 5.91 Å². The van der Waals surface area contributed by atoms with Crippen molar-refractivity contribution in [3.05, 3.63) is 126 Å². The molecule has 1 fully saturated rings. The Labute approximate surface area is 285 Å². The summed E-state index contributed by atoms with van der Waals surface area (Å²) in [4.78, 5) is 40.6. The SMILES string of the molecule is CCCC(=O)Cn1ccc2cc(CC(=O)c3ccc(-n4ccc5cc(NC(=O)c6ccc(N7CCC(O)CC7)cc6)ccc54)cc3)ccc21. The van der Waals surface area contributed by atoms with E-state index in [-0.39, 0.29) is 23.6 Å². The first-order valence-corrected chi connectivity index (χ1v) is 17.0. The molecule has 7 rings (SSSR count). The number of nitrogens with zero attached hydrogens (tertiary/aromatic N) is 3. The van der Waals surface area contributed by atoms with Gasteiger partial charge in [-0.25, -0.2) is 0 Å². The molecule has 49 heavy (non-hydrogen) atoms. The molecular weight excluding hydrogens is 612 g/mol. The first kappa shape index (κ1) is 32.1. The monoisotopic (exact) mass is 652 g/mol. The number of carbonyl (C=O) groups is 3. The highest BCUT2D eigenvalue weighted by Crippen LogP contribution is 2.26. The molecule has 2 N–H and O–H groups in total. The molecular formula is C41H40N4O4. The van der Waals surface area contributed by atoms with Crippen LogP contribution in [0.5, 0.6) is 0 Å². The number of Topliss-reactive ketones (excluding diaryl/α,β-unsaturated/α-hetero) is 2. The van der Waals surface area contributed by atoms with Crippen molar-refractivity contribution in [1.82, 2.24) is 9.13 Å². The number of ketones is 2. The molecule has 1 aliphatic rings. The Morgan fingerprint density at radius 1 is 0.755 bits per heavy atom. The maximum atomic E-state index is 13.2. The summed E-state index contributed by atoms with van der Waals surface area (Å²) in [6.45, 7) is 4.01. The first-order valence-electron chi connectivity index (χ1n) is 17.0. The Hall–Kier alpha value is -5.47. The van der Waals surface area contributed by atoms with Gasteiger partial charge in [-0.3, -0.25) is 14.4 Å². The molecule has 0 radical (unpaired) electrons. The molecule has 0 unspecified atom stereocenters. The molecule has 0 atom stereocenters. The number of anilines is 2. The first-order chi connectivity index (χ1) is 23.8. The Balaban J connectivity index is 0.985. The van der Waals surface area contributed by atoms with Crippen molar-refractivity contribution in [2.24, 2.45) is 0 Å². The molecule has 8 heteroatoms. The van der Waals surface area contributed by atoms with Gasteiger partial charge in [-0.15, -0.1) is 0 Å². The highest BCUT2D eigenvalue weighted by molar-refractivity contribution is 6.05. The number of fused-ring (bicyclic) bond motifs is 2. The highest BCUT2D eigenvalue weighted by Gasteiger charge is 2.18. The minimum atomic E-state index is -0.222. The molecule has 0 bridgehead atoms. The highest BCUT2D eigenvalue weighted by atomic mass is 16.3. The van der Waals surface area contributed by atoms with Crippen LogP contribution in [0.4, 0.5) is 11.4 Å². The van der Waals surface area contributed by atoms with Crippen molar-refractivity contribution in [2.75, 3.05) is 23.3 Å². The second-order valence-corrected chi connectivity index (χ2v) is 13.0. The van der Waals surface area contributed by atoms with Crippen LogP contribution in [0.3, 0.4) is 0 Å². The summed E-state index contributed by atoms with van der Waals surface area (Å²) < 4.78 is 4.04. The Morgan fingerprint density at radius 3 is 2.18 bits per heavy atom. The van der Waals surface area contributed by atoms with Crippen molar-refractivity contribution in [2.45, 2.75) is 51.7 Å². The molecule has 248 valence electrons. The van der Waals surface area contributed by atoms with Crippen LogP contribution in [0.2, 0.25) is 0 Å². The average molecular weight is 653 g/mol. The van der Waals surface area contributed by atoms with Gasteiger partial charge in [0.15, 0.2) is 11.6 Å². The van der Waals surface area contributed by atoms with Gasteiger partial charge in [-0.1, -0.05) is 13.0 Å². The van der Waals surface area contributed by atoms with Crippen LogP contribution in [0.15, 0.2) is 109 Å². The Kier molecular flexibility index (Phi) is 9.13. The number of rotatable bonds is 11. The van der Waals surface area contributed by atoms with Crippen LogP contribution in [-0.2, 0) is 17.8 Å². The zero-order chi connectivity index (χ0) is 33.9. The number of amides is 1. The summed E-state index contributed by atoms with van der Waals surface area (Å²) in [5.74, 6) is 0.0951. The summed E-state index contributed by atoms with van der Waals surface area (Å²) in [6, 6.07) is 31.1. The average Bonchev–Trinajstić information content (AvgIpc) is 3.72. The fourth-order valence-electron chi connectivity index (χ4n) is 6.74. The lowest BCUT2D eigenvalue weighted by Crippen LogP contribution is -2.35. The minimum Gasteiger partial charge on any atom is -0.393 e. The van der Waals surface area contributed by atoms with Gasteiger partial charge in [0, 0.05) is 77.4 Å². The molecule has 2 aromatic heterocycles. The number of hydrogen-bond donors (Lipinski definition) is 2. The number of piperidine rings is 1. The fourth-order valence-corrected chi connectivity index (χ4v) is 6.74. The van der Waals surface area contributed by atoms with Crippen molar-refractivity contribution in [3.63, 3.8) is 0 Å². The molecule has 1 aliphatic heterocycles. The minimum absolute atomic E-state index is 0.0437. The van der Waals surface area contributed by atoms with E-state index in [0.717, 1.165) is 71.1 Å². The van der Waals surface area contributed by atoms with Crippen molar-refractivity contribution in [1.29, 1.82) is 0 Å². The molecule has 1 amide bonds. The van der Waals surface area contributed by atoms with Gasteiger partial charge in [0.2, 0.25) is 0 Å². The number of aromatic nitrogens is 2. The molecule has 8 nitrogen and oxygen atoms in total. The van der Waals surface area contributed by atoms with Gasteiger partial charge in [-0.2, -0.15) is 0 Å². The normalized spacial score (nSPS) is 13.6. The van der Waals surface area contributed by atoms with E-state index in [1.165, 1.54) is 0 Å². The predicted molar refractivity (Wildman–Crippen MR) is 195 cm³/mol. The summed E-state index contributed by atoms with van der Waals surface area (Å²) in [6.07, 6.45) is 6.95. The van der Waals surface area contributed by atoms with Gasteiger partial charge < -0.3 is 24.5 Å². The summed E-state index contributed by atoms with van der Waals surface area (Å²) >= 11 is 0. The lowest BCUT2D eigenvalue weighted by atomic mass is 10.0. The number of aliphatic hydroxyl groups excluding tert-OH is 1. The molecule has 4 aromatic carbocycles. The molecule has 1 saturated heterocycles. The zero-order valence-electron chi connectivity index (χ0n) is 27.6. The van der Waals surface area contributed by atoms with Crippen LogP contribution >= 0.6 is 0 Å². The van der Waals surface area contributed by atoms with E-state index in [4.69, 9.17) is 0 Å². The smallest absolute Gasteiger partial charge is 0.255 e. The third-order valence-corrected chi connectivity index (χ3v) is 9.45. The van der Waals surface area contributed by atoms with Crippen LogP contribution in [0, 0.1) is 0 Å². The van der Waals surface area contributed by atoms with E-state index < -0.39 is 0 Å². The molecule has 6 aromatic rings. The molecule has 3 heterocycles. The van der Waals surface area contributed by atoms with E-state index in [1.54, 1.807) is 0 Å². The van der Waals surface area contributed by atoms with Crippen LogP contribution in [-0.4, -0.2) is 50.9 Å². The molecule has 0 spiro atoms. The lowest BCUT2D eigenvalue weighted by Gasteiger charge is -2.31.